The summed E-state index contributed by atoms with van der Waals surface area (Å²) in [5.74, 6) is -1.07. The van der Waals surface area contributed by atoms with Crippen LogP contribution in [0.2, 0.25) is 0 Å². The van der Waals surface area contributed by atoms with Crippen LogP contribution in [0.3, 0.4) is 0 Å². The number of aliphatic carboxylic acids is 1. The summed E-state index contributed by atoms with van der Waals surface area (Å²) in [4.78, 5) is 15.6. The van der Waals surface area contributed by atoms with Crippen molar-refractivity contribution in [2.75, 3.05) is 0 Å². The van der Waals surface area contributed by atoms with Crippen LogP contribution >= 0.6 is 11.3 Å². The summed E-state index contributed by atoms with van der Waals surface area (Å²) in [5.41, 5.74) is 3.64. The highest BCUT2D eigenvalue weighted by molar-refractivity contribution is 7.19. The fraction of sp³-hybridized carbons (Fsp3) is 0.0952. The molecule has 0 fully saturated rings. The van der Waals surface area contributed by atoms with Crippen molar-refractivity contribution in [2.45, 2.75) is 12.8 Å². The van der Waals surface area contributed by atoms with Gasteiger partial charge in [-0.1, -0.05) is 30.3 Å². The summed E-state index contributed by atoms with van der Waals surface area (Å²) in [7, 11) is 0. The molecule has 0 amide bonds. The number of nitrogens with zero attached hydrogens (tertiary/aromatic N) is 3. The van der Waals surface area contributed by atoms with E-state index in [-0.39, 0.29) is 6.42 Å². The SMILES string of the molecule is O=C([O-])CC/C(=C\c1cnn(-c2ccccc2)c1)c1nc2ccccc2s1. The number of thiazole rings is 1. The third-order valence-electron chi connectivity index (χ3n) is 4.13. The van der Waals surface area contributed by atoms with Crippen molar-refractivity contribution in [3.63, 3.8) is 0 Å². The van der Waals surface area contributed by atoms with Crippen molar-refractivity contribution in [1.29, 1.82) is 0 Å². The van der Waals surface area contributed by atoms with Gasteiger partial charge in [0.25, 0.3) is 0 Å². The molecule has 0 radical (unpaired) electrons. The Bertz CT molecular complexity index is 1080. The number of rotatable bonds is 6. The molecule has 0 aliphatic heterocycles. The van der Waals surface area contributed by atoms with Crippen LogP contribution in [0.25, 0.3) is 27.6 Å². The van der Waals surface area contributed by atoms with Gasteiger partial charge in [0.1, 0.15) is 5.01 Å². The Morgan fingerprint density at radius 1 is 1.07 bits per heavy atom. The molecule has 4 aromatic rings. The van der Waals surface area contributed by atoms with Crippen molar-refractivity contribution in [1.82, 2.24) is 14.8 Å². The van der Waals surface area contributed by atoms with E-state index in [1.165, 1.54) is 0 Å². The number of aromatic nitrogens is 3. The van der Waals surface area contributed by atoms with Gasteiger partial charge >= 0.3 is 0 Å². The lowest BCUT2D eigenvalue weighted by molar-refractivity contribution is -0.305. The van der Waals surface area contributed by atoms with E-state index in [9.17, 15) is 9.90 Å². The minimum Gasteiger partial charge on any atom is -0.550 e. The molecule has 0 unspecified atom stereocenters. The standard InChI is InChI=1S/C21H17N3O2S/c25-20(26)11-10-16(21-23-18-8-4-5-9-19(18)27-21)12-15-13-22-24(14-15)17-6-2-1-3-7-17/h1-9,12-14H,10-11H2,(H,25,26)/p-1/b16-12+. The van der Waals surface area contributed by atoms with E-state index in [1.54, 1.807) is 22.2 Å². The third kappa shape index (κ3) is 3.96. The largest absolute Gasteiger partial charge is 0.550 e. The zero-order chi connectivity index (χ0) is 18.6. The number of allylic oxidation sites excluding steroid dienone is 1. The van der Waals surface area contributed by atoms with Crippen molar-refractivity contribution in [3.05, 3.63) is 77.6 Å². The highest BCUT2D eigenvalue weighted by atomic mass is 32.1. The number of fused-ring (bicyclic) bond motifs is 1. The molecule has 2 aromatic carbocycles. The maximum absolute atomic E-state index is 11.0. The van der Waals surface area contributed by atoms with Gasteiger partial charge in [0.05, 0.1) is 22.1 Å². The first-order valence-electron chi connectivity index (χ1n) is 8.55. The quantitative estimate of drug-likeness (QED) is 0.517. The Hall–Kier alpha value is -3.25. The molecule has 0 spiro atoms. The minimum absolute atomic E-state index is 0.0470. The predicted octanol–water partition coefficient (Wildman–Crippen LogP) is 3.55. The molecular weight excluding hydrogens is 358 g/mol. The van der Waals surface area contributed by atoms with Crippen LogP contribution in [0.5, 0.6) is 0 Å². The molecule has 5 nitrogen and oxygen atoms in total. The van der Waals surface area contributed by atoms with Crippen molar-refractivity contribution in [3.8, 4) is 5.69 Å². The van der Waals surface area contributed by atoms with Gasteiger partial charge in [0.2, 0.25) is 0 Å². The van der Waals surface area contributed by atoms with Gasteiger partial charge in [-0.3, -0.25) is 0 Å². The Morgan fingerprint density at radius 3 is 2.63 bits per heavy atom. The molecule has 0 saturated heterocycles. The number of para-hydroxylation sites is 2. The van der Waals surface area contributed by atoms with Gasteiger partial charge in [-0.15, -0.1) is 11.3 Å². The molecule has 27 heavy (non-hydrogen) atoms. The van der Waals surface area contributed by atoms with Crippen molar-refractivity contribution < 1.29 is 9.90 Å². The van der Waals surface area contributed by atoms with Gasteiger partial charge in [-0.25, -0.2) is 9.67 Å². The zero-order valence-corrected chi connectivity index (χ0v) is 15.2. The van der Waals surface area contributed by atoms with Gasteiger partial charge < -0.3 is 9.90 Å². The van der Waals surface area contributed by atoms with Crippen LogP contribution in [0.1, 0.15) is 23.4 Å². The topological polar surface area (TPSA) is 70.8 Å². The maximum Gasteiger partial charge on any atom is 0.120 e. The summed E-state index contributed by atoms with van der Waals surface area (Å²) in [5, 5.41) is 16.2. The maximum atomic E-state index is 11.0. The smallest absolute Gasteiger partial charge is 0.120 e. The van der Waals surface area contributed by atoms with Gasteiger partial charge in [0, 0.05) is 17.7 Å². The van der Waals surface area contributed by atoms with Crippen LogP contribution in [-0.4, -0.2) is 20.7 Å². The second kappa shape index (κ2) is 7.55. The van der Waals surface area contributed by atoms with Crippen LogP contribution < -0.4 is 5.11 Å². The van der Waals surface area contributed by atoms with E-state index in [2.05, 4.69) is 10.1 Å². The van der Waals surface area contributed by atoms with Crippen LogP contribution in [-0.2, 0) is 4.79 Å². The number of hydrogen-bond donors (Lipinski definition) is 0. The van der Waals surface area contributed by atoms with E-state index in [1.807, 2.05) is 66.9 Å². The molecule has 0 atom stereocenters. The first-order chi connectivity index (χ1) is 13.2. The third-order valence-corrected chi connectivity index (χ3v) is 5.24. The van der Waals surface area contributed by atoms with E-state index >= 15 is 0 Å². The van der Waals surface area contributed by atoms with E-state index < -0.39 is 5.97 Å². The molecular formula is C21H16N3O2S-. The normalized spacial score (nSPS) is 11.8. The monoisotopic (exact) mass is 374 g/mol. The Kier molecular flexibility index (Phi) is 4.80. The molecule has 0 N–H and O–H groups in total. The fourth-order valence-electron chi connectivity index (χ4n) is 2.82. The second-order valence-corrected chi connectivity index (χ2v) is 7.11. The Labute approximate surface area is 160 Å². The molecule has 2 aromatic heterocycles. The summed E-state index contributed by atoms with van der Waals surface area (Å²) in [6.07, 6.45) is 5.95. The average molecular weight is 374 g/mol. The Morgan fingerprint density at radius 2 is 1.85 bits per heavy atom. The summed E-state index contributed by atoms with van der Waals surface area (Å²) in [6, 6.07) is 17.7. The van der Waals surface area contributed by atoms with Gasteiger partial charge in [-0.05, 0) is 48.8 Å². The molecule has 0 saturated carbocycles. The molecule has 134 valence electrons. The van der Waals surface area contributed by atoms with Gasteiger partial charge in [-0.2, -0.15) is 5.10 Å². The lowest BCUT2D eigenvalue weighted by Crippen LogP contribution is -2.21. The summed E-state index contributed by atoms with van der Waals surface area (Å²) in [6.45, 7) is 0. The first kappa shape index (κ1) is 17.2. The number of carboxylic acids is 1. The zero-order valence-electron chi connectivity index (χ0n) is 14.4. The first-order valence-corrected chi connectivity index (χ1v) is 9.37. The molecule has 4 rings (SSSR count). The number of carbonyl (C=O) groups excluding carboxylic acids is 1. The highest BCUT2D eigenvalue weighted by Crippen LogP contribution is 2.31. The van der Waals surface area contributed by atoms with E-state index in [4.69, 9.17) is 0 Å². The number of hydrogen-bond acceptors (Lipinski definition) is 5. The lowest BCUT2D eigenvalue weighted by atomic mass is 10.1. The number of carboxylic acid groups (broad SMARTS) is 1. The van der Waals surface area contributed by atoms with Gasteiger partial charge in [0.15, 0.2) is 0 Å². The fourth-order valence-corrected chi connectivity index (χ4v) is 3.83. The predicted molar refractivity (Wildman–Crippen MR) is 105 cm³/mol. The highest BCUT2D eigenvalue weighted by Gasteiger charge is 2.10. The molecule has 0 bridgehead atoms. The lowest BCUT2D eigenvalue weighted by Gasteiger charge is -2.05. The van der Waals surface area contributed by atoms with Crippen LogP contribution in [0, 0.1) is 0 Å². The molecule has 2 heterocycles. The van der Waals surface area contributed by atoms with E-state index in [0.29, 0.717) is 6.42 Å². The molecule has 6 heteroatoms. The summed E-state index contributed by atoms with van der Waals surface area (Å²) >= 11 is 1.56. The average Bonchev–Trinajstić information content (AvgIpc) is 3.32. The van der Waals surface area contributed by atoms with Crippen LogP contribution in [0.4, 0.5) is 0 Å². The molecule has 0 aliphatic carbocycles. The Balaban J connectivity index is 1.70. The molecule has 0 aliphatic rings. The summed E-state index contributed by atoms with van der Waals surface area (Å²) < 4.78 is 2.87. The number of benzene rings is 2. The van der Waals surface area contributed by atoms with Crippen LogP contribution in [0.15, 0.2) is 67.0 Å². The van der Waals surface area contributed by atoms with E-state index in [0.717, 1.165) is 32.0 Å². The second-order valence-electron chi connectivity index (χ2n) is 6.08. The van der Waals surface area contributed by atoms with Crippen molar-refractivity contribution in [2.24, 2.45) is 0 Å². The van der Waals surface area contributed by atoms with Crippen molar-refractivity contribution >= 4 is 39.2 Å². The number of carbonyl (C=O) groups is 1. The minimum atomic E-state index is -1.07.